The Kier molecular flexibility index (Phi) is 4.25. The average Bonchev–Trinajstić information content (AvgIpc) is 3.69. The highest BCUT2D eigenvalue weighted by Crippen LogP contribution is 2.60. The molecule has 0 aliphatic heterocycles. The van der Waals surface area contributed by atoms with Gasteiger partial charge < -0.3 is 14.8 Å². The molecule has 4 aromatic rings. The van der Waals surface area contributed by atoms with E-state index in [9.17, 15) is 9.90 Å². The monoisotopic (exact) mass is 427 g/mol. The van der Waals surface area contributed by atoms with Gasteiger partial charge in [-0.1, -0.05) is 18.2 Å². The van der Waals surface area contributed by atoms with Crippen LogP contribution < -0.4 is 5.32 Å². The van der Waals surface area contributed by atoms with Gasteiger partial charge >= 0.3 is 5.97 Å². The molecule has 2 saturated carbocycles. The number of aromatic nitrogens is 2. The van der Waals surface area contributed by atoms with Crippen LogP contribution in [-0.2, 0) is 0 Å². The largest absolute Gasteiger partial charge is 0.478 e. The number of carboxylic acids is 1. The summed E-state index contributed by atoms with van der Waals surface area (Å²) >= 11 is 0. The second-order valence-corrected chi connectivity index (χ2v) is 9.37. The lowest BCUT2D eigenvalue weighted by Gasteiger charge is -2.18. The maximum atomic E-state index is 11.6. The third-order valence-corrected chi connectivity index (χ3v) is 7.02. The number of aromatic carboxylic acids is 1. The number of fused-ring (bicyclic) bond motifs is 3. The summed E-state index contributed by atoms with van der Waals surface area (Å²) < 4.78 is 6.50. The first-order chi connectivity index (χ1) is 15.5. The van der Waals surface area contributed by atoms with Gasteiger partial charge in [-0.25, -0.2) is 4.79 Å². The quantitative estimate of drug-likeness (QED) is 0.388. The zero-order chi connectivity index (χ0) is 22.0. The highest BCUT2D eigenvalue weighted by atomic mass is 16.4. The zero-order valence-corrected chi connectivity index (χ0v) is 18.1. The van der Waals surface area contributed by atoms with Crippen molar-refractivity contribution in [2.45, 2.75) is 45.1 Å². The van der Waals surface area contributed by atoms with Crippen molar-refractivity contribution in [3.63, 3.8) is 0 Å². The predicted molar refractivity (Wildman–Crippen MR) is 123 cm³/mol. The second kappa shape index (κ2) is 7.05. The van der Waals surface area contributed by atoms with Gasteiger partial charge in [-0.3, -0.25) is 0 Å². The number of nitrogens with one attached hydrogen (secondary N) is 1. The summed E-state index contributed by atoms with van der Waals surface area (Å²) in [5.41, 5.74) is 6.58. The van der Waals surface area contributed by atoms with Crippen molar-refractivity contribution in [3.8, 4) is 0 Å². The normalized spacial score (nSPS) is 21.1. The maximum absolute atomic E-state index is 11.6. The minimum absolute atomic E-state index is 0.157. The number of anilines is 1. The molecule has 6 nitrogen and oxygen atoms in total. The van der Waals surface area contributed by atoms with Gasteiger partial charge in [0.1, 0.15) is 11.1 Å². The van der Waals surface area contributed by atoms with Gasteiger partial charge in [0.15, 0.2) is 5.58 Å². The van der Waals surface area contributed by atoms with Crippen molar-refractivity contribution in [2.75, 3.05) is 5.32 Å². The molecule has 0 bridgehead atoms. The molecule has 2 N–H and O–H groups in total. The predicted octanol–water partition coefficient (Wildman–Crippen LogP) is 6.07. The van der Waals surface area contributed by atoms with Crippen LogP contribution in [0.3, 0.4) is 0 Å². The Bertz CT molecular complexity index is 1370. The van der Waals surface area contributed by atoms with E-state index in [0.717, 1.165) is 45.0 Å². The standard InChI is InChI=1S/C26H25N3O3/c1-13-9-17(14(2)28-22-6-4-3-5-16(22)26(30)31)24-20(10-13)23-25(32-24)21(12-27-29-23)19-11-18(19)15-7-8-15/h3-6,9-10,12,14-15,18-19,28H,7-8,11H2,1-2H3,(H,30,31)/t14-,18?,19?/m1/s1. The fourth-order valence-corrected chi connectivity index (χ4v) is 5.18. The summed E-state index contributed by atoms with van der Waals surface area (Å²) in [6.45, 7) is 4.08. The number of hydrogen-bond acceptors (Lipinski definition) is 5. The van der Waals surface area contributed by atoms with Crippen LogP contribution in [0.5, 0.6) is 0 Å². The molecule has 3 atom stereocenters. The van der Waals surface area contributed by atoms with Gasteiger partial charge in [0.05, 0.1) is 17.8 Å². The van der Waals surface area contributed by atoms with Crippen LogP contribution in [0.1, 0.15) is 65.2 Å². The van der Waals surface area contributed by atoms with E-state index in [1.54, 1.807) is 18.2 Å². The number of hydrogen-bond donors (Lipinski definition) is 2. The molecule has 6 heteroatoms. The fraction of sp³-hybridized carbons (Fsp3) is 0.346. The van der Waals surface area contributed by atoms with E-state index in [4.69, 9.17) is 4.42 Å². The molecule has 0 amide bonds. The summed E-state index contributed by atoms with van der Waals surface area (Å²) in [6.07, 6.45) is 5.81. The Hall–Kier alpha value is -3.41. The summed E-state index contributed by atoms with van der Waals surface area (Å²) in [5, 5.41) is 22.6. The molecule has 6 rings (SSSR count). The SMILES string of the molecule is Cc1cc([C@@H](C)Nc2ccccc2C(=O)O)c2oc3c(C4CC4C4CC4)cnnc3c2c1. The summed E-state index contributed by atoms with van der Waals surface area (Å²) in [5.74, 6) is 1.23. The van der Waals surface area contributed by atoms with Crippen LogP contribution >= 0.6 is 0 Å². The number of benzene rings is 2. The maximum Gasteiger partial charge on any atom is 0.337 e. The first kappa shape index (κ1) is 19.3. The number of furan rings is 1. The molecule has 2 aliphatic carbocycles. The first-order valence-electron chi connectivity index (χ1n) is 11.3. The van der Waals surface area contributed by atoms with Crippen LogP contribution in [0.2, 0.25) is 0 Å². The van der Waals surface area contributed by atoms with E-state index in [-0.39, 0.29) is 11.6 Å². The first-order valence-corrected chi connectivity index (χ1v) is 11.3. The second-order valence-electron chi connectivity index (χ2n) is 9.37. The van der Waals surface area contributed by atoms with Crippen molar-refractivity contribution in [3.05, 3.63) is 64.8 Å². The molecule has 2 aromatic heterocycles. The minimum atomic E-state index is -0.951. The summed E-state index contributed by atoms with van der Waals surface area (Å²) in [4.78, 5) is 11.6. The fourth-order valence-electron chi connectivity index (χ4n) is 5.18. The van der Waals surface area contributed by atoms with Gasteiger partial charge in [0.2, 0.25) is 0 Å². The molecule has 2 heterocycles. The zero-order valence-electron chi connectivity index (χ0n) is 18.1. The molecule has 32 heavy (non-hydrogen) atoms. The van der Waals surface area contributed by atoms with E-state index >= 15 is 0 Å². The highest BCUT2D eigenvalue weighted by Gasteiger charge is 2.49. The number of aryl methyl sites for hydroxylation is 1. The number of carboxylic acid groups (broad SMARTS) is 1. The lowest BCUT2D eigenvalue weighted by atomic mass is 10.0. The summed E-state index contributed by atoms with van der Waals surface area (Å²) in [6, 6.07) is 11.0. The van der Waals surface area contributed by atoms with Crippen LogP contribution in [0.15, 0.2) is 47.0 Å². The van der Waals surface area contributed by atoms with Crippen molar-refractivity contribution in [1.29, 1.82) is 0 Å². The van der Waals surface area contributed by atoms with Crippen molar-refractivity contribution < 1.29 is 14.3 Å². The van der Waals surface area contributed by atoms with Crippen LogP contribution in [0.25, 0.3) is 22.1 Å². The van der Waals surface area contributed by atoms with Crippen LogP contribution in [0, 0.1) is 18.8 Å². The molecule has 0 radical (unpaired) electrons. The molecule has 162 valence electrons. The van der Waals surface area contributed by atoms with E-state index in [1.165, 1.54) is 24.8 Å². The van der Waals surface area contributed by atoms with Gasteiger partial charge in [-0.2, -0.15) is 5.10 Å². The Morgan fingerprint density at radius 1 is 1.22 bits per heavy atom. The number of nitrogens with zero attached hydrogens (tertiary/aromatic N) is 2. The minimum Gasteiger partial charge on any atom is -0.478 e. The third kappa shape index (κ3) is 3.13. The third-order valence-electron chi connectivity index (χ3n) is 7.02. The van der Waals surface area contributed by atoms with Gasteiger partial charge in [0.25, 0.3) is 0 Å². The van der Waals surface area contributed by atoms with Crippen molar-refractivity contribution in [1.82, 2.24) is 10.2 Å². The molecule has 2 unspecified atom stereocenters. The lowest BCUT2D eigenvalue weighted by molar-refractivity contribution is 0.0698. The highest BCUT2D eigenvalue weighted by molar-refractivity contribution is 6.05. The van der Waals surface area contributed by atoms with E-state index in [0.29, 0.717) is 11.6 Å². The van der Waals surface area contributed by atoms with Gasteiger partial charge in [-0.05, 0) is 74.6 Å². The van der Waals surface area contributed by atoms with E-state index in [1.807, 2.05) is 19.2 Å². The Morgan fingerprint density at radius 3 is 2.81 bits per heavy atom. The smallest absolute Gasteiger partial charge is 0.337 e. The van der Waals surface area contributed by atoms with Crippen LogP contribution in [0.4, 0.5) is 5.69 Å². The topological polar surface area (TPSA) is 88.2 Å². The Labute approximate surface area is 185 Å². The van der Waals surface area contributed by atoms with Gasteiger partial charge in [0, 0.05) is 22.2 Å². The van der Waals surface area contributed by atoms with E-state index < -0.39 is 5.97 Å². The molecular formula is C26H25N3O3. The molecule has 2 fully saturated rings. The molecular weight excluding hydrogens is 402 g/mol. The Balaban J connectivity index is 1.44. The average molecular weight is 428 g/mol. The van der Waals surface area contributed by atoms with E-state index in [2.05, 4.69) is 34.6 Å². The number of rotatable bonds is 6. The Morgan fingerprint density at radius 2 is 2.03 bits per heavy atom. The molecule has 2 aromatic carbocycles. The van der Waals surface area contributed by atoms with Gasteiger partial charge in [-0.15, -0.1) is 5.10 Å². The lowest BCUT2D eigenvalue weighted by Crippen LogP contribution is -2.11. The molecule has 0 spiro atoms. The van der Waals surface area contributed by atoms with Crippen molar-refractivity contribution in [2.24, 2.45) is 11.8 Å². The molecule has 0 saturated heterocycles. The van der Waals surface area contributed by atoms with Crippen molar-refractivity contribution >= 4 is 33.7 Å². The number of para-hydroxylation sites is 1. The number of carbonyl (C=O) groups is 1. The molecule has 2 aliphatic rings. The summed E-state index contributed by atoms with van der Waals surface area (Å²) in [7, 11) is 0. The van der Waals surface area contributed by atoms with Crippen LogP contribution in [-0.4, -0.2) is 21.3 Å².